The topological polar surface area (TPSA) is 167 Å². The van der Waals surface area contributed by atoms with Crippen molar-refractivity contribution in [3.8, 4) is 11.5 Å². The van der Waals surface area contributed by atoms with Gasteiger partial charge in [-0.25, -0.2) is 18.6 Å². The minimum atomic E-state index is -4.94. The molecule has 0 fully saturated rings. The van der Waals surface area contributed by atoms with Gasteiger partial charge in [-0.1, -0.05) is 0 Å². The standard InChI is InChI=1S/C17H15NO5.ClHO4/c1-10-6-12-7-15-16(22-9-21-15)8-14(12)17(23-10)11-2-4-13(5-3-11)18(19)20;2-1(3,4)5/h2-5,7-8,10,17H,6,9H2,1H3;(H,2,3,4,5). The molecule has 10 nitrogen and oxygen atoms in total. The van der Waals surface area contributed by atoms with E-state index in [9.17, 15) is 10.1 Å². The Morgan fingerprint density at radius 3 is 2.21 bits per heavy atom. The Labute approximate surface area is 161 Å². The van der Waals surface area contributed by atoms with Crippen LogP contribution in [-0.4, -0.2) is 22.6 Å². The summed E-state index contributed by atoms with van der Waals surface area (Å²) in [7, 11) is -4.94. The number of hydrogen-bond donors (Lipinski definition) is 0. The quantitative estimate of drug-likeness (QED) is 0.313. The highest BCUT2D eigenvalue weighted by Crippen LogP contribution is 2.42. The molecule has 0 radical (unpaired) electrons. The van der Waals surface area contributed by atoms with E-state index in [-0.39, 0.29) is 24.7 Å². The molecular formula is C17H16ClNO9. The van der Waals surface area contributed by atoms with Gasteiger partial charge in [-0.3, -0.25) is 10.1 Å². The lowest BCUT2D eigenvalue weighted by Gasteiger charge is -2.27. The molecule has 0 saturated heterocycles. The Morgan fingerprint density at radius 2 is 1.64 bits per heavy atom. The summed E-state index contributed by atoms with van der Waals surface area (Å²) in [5, 5.41) is 10.8. The summed E-state index contributed by atoms with van der Waals surface area (Å²) >= 11 is 0. The zero-order valence-corrected chi connectivity index (χ0v) is 15.3. The third-order valence-electron chi connectivity index (χ3n) is 4.27. The van der Waals surface area contributed by atoms with Gasteiger partial charge in [0.2, 0.25) is 12.9 Å². The molecule has 0 bridgehead atoms. The van der Waals surface area contributed by atoms with E-state index >= 15 is 0 Å². The minimum Gasteiger partial charge on any atom is -0.454 e. The predicted octanol–water partition coefficient (Wildman–Crippen LogP) is -1.87. The van der Waals surface area contributed by atoms with Crippen molar-refractivity contribution in [1.29, 1.82) is 0 Å². The number of nitro benzene ring substituents is 1. The van der Waals surface area contributed by atoms with E-state index in [4.69, 9.17) is 32.8 Å². The summed E-state index contributed by atoms with van der Waals surface area (Å²) < 4.78 is 49.7. The molecule has 2 aromatic carbocycles. The first kappa shape index (κ1) is 20.3. The molecule has 0 saturated carbocycles. The number of hydrogen-bond acceptors (Lipinski definition) is 8. The lowest BCUT2D eigenvalue weighted by Crippen LogP contribution is -2.68. The molecule has 0 amide bonds. The molecule has 0 aromatic heterocycles. The first-order valence-corrected chi connectivity index (χ1v) is 9.33. The first-order valence-electron chi connectivity index (χ1n) is 8.10. The summed E-state index contributed by atoms with van der Waals surface area (Å²) in [6.45, 7) is 2.32. The zero-order valence-electron chi connectivity index (χ0n) is 14.6. The van der Waals surface area contributed by atoms with E-state index in [1.54, 1.807) is 12.1 Å². The van der Waals surface area contributed by atoms with Crippen molar-refractivity contribution in [1.82, 2.24) is 0 Å². The summed E-state index contributed by atoms with van der Waals surface area (Å²) in [4.78, 5) is 10.4. The lowest BCUT2D eigenvalue weighted by molar-refractivity contribution is -2.00. The van der Waals surface area contributed by atoms with Crippen LogP contribution in [0.5, 0.6) is 11.5 Å². The number of nitro groups is 1. The van der Waals surface area contributed by atoms with Crippen LogP contribution < -0.4 is 28.1 Å². The maximum absolute atomic E-state index is 10.8. The van der Waals surface area contributed by atoms with E-state index < -0.39 is 15.2 Å². The summed E-state index contributed by atoms with van der Waals surface area (Å²) in [5.74, 6) is 1.51. The molecule has 4 rings (SSSR count). The smallest absolute Gasteiger partial charge is 0.269 e. The van der Waals surface area contributed by atoms with Gasteiger partial charge in [0.1, 0.15) is 0 Å². The number of nitrogens with zero attached hydrogens (tertiary/aromatic N) is 1. The second-order valence-corrected chi connectivity index (χ2v) is 6.99. The van der Waals surface area contributed by atoms with Crippen molar-refractivity contribution < 1.29 is 48.0 Å². The van der Waals surface area contributed by atoms with Crippen LogP contribution >= 0.6 is 0 Å². The molecule has 1 N–H and O–H groups in total. The van der Waals surface area contributed by atoms with Gasteiger partial charge in [-0.05, 0) is 29.8 Å². The minimum absolute atomic E-state index is 0.0866. The fraction of sp³-hybridized carbons (Fsp3) is 0.294. The van der Waals surface area contributed by atoms with Gasteiger partial charge in [0.15, 0.2) is 17.6 Å². The van der Waals surface area contributed by atoms with Crippen LogP contribution in [0.4, 0.5) is 5.69 Å². The second kappa shape index (κ2) is 7.87. The molecule has 0 spiro atoms. The van der Waals surface area contributed by atoms with Crippen molar-refractivity contribution in [2.24, 2.45) is 0 Å². The third-order valence-corrected chi connectivity index (χ3v) is 4.27. The van der Waals surface area contributed by atoms with E-state index in [0.29, 0.717) is 0 Å². The van der Waals surface area contributed by atoms with E-state index in [1.807, 2.05) is 12.1 Å². The Bertz CT molecular complexity index is 860. The Morgan fingerprint density at radius 1 is 1.07 bits per heavy atom. The molecular weight excluding hydrogens is 398 g/mol. The molecule has 2 unspecified atom stereocenters. The van der Waals surface area contributed by atoms with Crippen LogP contribution in [0, 0.1) is 20.4 Å². The molecule has 2 aliphatic heterocycles. The molecule has 0 aliphatic carbocycles. The number of benzene rings is 2. The van der Waals surface area contributed by atoms with Crippen LogP contribution in [0.2, 0.25) is 0 Å². The maximum Gasteiger partial charge on any atom is 0.269 e. The van der Waals surface area contributed by atoms with Crippen LogP contribution in [-0.2, 0) is 6.42 Å². The normalized spacial score (nSPS) is 20.0. The monoisotopic (exact) mass is 413 g/mol. The molecule has 28 heavy (non-hydrogen) atoms. The number of fused-ring (bicyclic) bond motifs is 2. The molecule has 11 heteroatoms. The largest absolute Gasteiger partial charge is 0.454 e. The van der Waals surface area contributed by atoms with Gasteiger partial charge in [-0.15, -0.1) is 10.2 Å². The van der Waals surface area contributed by atoms with Gasteiger partial charge in [0.05, 0.1) is 4.92 Å². The lowest BCUT2D eigenvalue weighted by atomic mass is 9.90. The summed E-state index contributed by atoms with van der Waals surface area (Å²) in [6.07, 6.45) is 0.905. The average molecular weight is 414 g/mol. The van der Waals surface area contributed by atoms with Crippen LogP contribution in [0.15, 0.2) is 36.4 Å². The highest BCUT2D eigenvalue weighted by atomic mass is 35.7. The second-order valence-electron chi connectivity index (χ2n) is 6.24. The SMILES string of the molecule is CC1Cc2cc3c(cc2C(c2ccc([N+](=O)[O-])cc2)[OH+]1)OCO3.[O-][Cl+3]([O-])([O-])[O-]. The van der Waals surface area contributed by atoms with Crippen molar-refractivity contribution in [3.05, 3.63) is 63.2 Å². The van der Waals surface area contributed by atoms with Crippen molar-refractivity contribution in [2.75, 3.05) is 6.79 Å². The summed E-state index contributed by atoms with van der Waals surface area (Å²) in [5.41, 5.74) is 3.31. The number of rotatable bonds is 2. The van der Waals surface area contributed by atoms with Crippen LogP contribution in [0.25, 0.3) is 0 Å². The highest BCUT2D eigenvalue weighted by Gasteiger charge is 2.34. The molecule has 2 aromatic rings. The van der Waals surface area contributed by atoms with Crippen molar-refractivity contribution >= 4 is 5.69 Å². The van der Waals surface area contributed by atoms with Gasteiger partial charge in [0, 0.05) is 36.6 Å². The number of non-ortho nitro benzene ring substituents is 1. The van der Waals surface area contributed by atoms with Gasteiger partial charge < -0.3 is 14.2 Å². The van der Waals surface area contributed by atoms with Crippen molar-refractivity contribution in [2.45, 2.75) is 25.6 Å². The fourth-order valence-electron chi connectivity index (χ4n) is 3.18. The van der Waals surface area contributed by atoms with Crippen LogP contribution in [0.3, 0.4) is 0 Å². The maximum atomic E-state index is 10.8. The number of halogens is 1. The fourth-order valence-corrected chi connectivity index (χ4v) is 3.18. The Hall–Kier alpha value is -2.47. The molecule has 2 aliphatic rings. The average Bonchev–Trinajstić information content (AvgIpc) is 3.05. The molecule has 2 heterocycles. The van der Waals surface area contributed by atoms with Gasteiger partial charge in [-0.2, -0.15) is 0 Å². The van der Waals surface area contributed by atoms with Crippen LogP contribution in [0.1, 0.15) is 29.7 Å². The molecule has 150 valence electrons. The van der Waals surface area contributed by atoms with E-state index in [1.165, 1.54) is 17.7 Å². The van der Waals surface area contributed by atoms with Crippen molar-refractivity contribution in [3.63, 3.8) is 0 Å². The van der Waals surface area contributed by atoms with Gasteiger partial charge in [0.25, 0.3) is 5.69 Å². The number of aliphatic hydroxyl groups is 2. The zero-order chi connectivity index (χ0) is 20.5. The Kier molecular flexibility index (Phi) is 5.70. The van der Waals surface area contributed by atoms with E-state index in [0.717, 1.165) is 29.0 Å². The van der Waals surface area contributed by atoms with Gasteiger partial charge >= 0.3 is 0 Å². The Balaban J connectivity index is 0.000000403. The summed E-state index contributed by atoms with van der Waals surface area (Å²) in [6, 6.07) is 10.6. The highest BCUT2D eigenvalue weighted by molar-refractivity contribution is 5.52. The predicted molar refractivity (Wildman–Crippen MR) is 82.9 cm³/mol. The first-order chi connectivity index (χ1) is 13.1. The third kappa shape index (κ3) is 4.87. The van der Waals surface area contributed by atoms with E-state index in [2.05, 4.69) is 6.92 Å². The molecule has 2 atom stereocenters. The number of ether oxygens (including phenoxy) is 3.